The molecule has 2 nitrogen and oxygen atoms in total. The molecule has 0 aromatic heterocycles. The molecule has 20 heavy (non-hydrogen) atoms. The van der Waals surface area contributed by atoms with Crippen LogP contribution in [0.2, 0.25) is 0 Å². The molecule has 0 atom stereocenters. The number of carboxylic acids is 1. The van der Waals surface area contributed by atoms with Gasteiger partial charge in [0.05, 0.1) is 5.56 Å². The maximum absolute atomic E-state index is 11.5. The maximum atomic E-state index is 11.5. The normalized spacial score (nSPS) is 10.8. The van der Waals surface area contributed by atoms with E-state index in [4.69, 9.17) is 0 Å². The van der Waals surface area contributed by atoms with Crippen LogP contribution in [0.15, 0.2) is 52.3 Å². The van der Waals surface area contributed by atoms with Crippen LogP contribution in [-0.2, 0) is 0 Å². The average molecular weight is 286 g/mol. The third-order valence-electron chi connectivity index (χ3n) is 3.21. The molecule has 0 bridgehead atoms. The first-order valence-electron chi connectivity index (χ1n) is 6.59. The van der Waals surface area contributed by atoms with Crippen LogP contribution in [0.1, 0.15) is 41.3 Å². The number of hydrogen-bond donors (Lipinski definition) is 1. The topological polar surface area (TPSA) is 37.3 Å². The fraction of sp³-hybridized carbons (Fsp3) is 0.235. The summed E-state index contributed by atoms with van der Waals surface area (Å²) in [7, 11) is 0. The van der Waals surface area contributed by atoms with Crippen LogP contribution in [0.4, 0.5) is 0 Å². The highest BCUT2D eigenvalue weighted by Crippen LogP contribution is 2.34. The molecule has 0 fully saturated rings. The number of carboxylic acid groups (broad SMARTS) is 1. The molecule has 0 aliphatic carbocycles. The number of aromatic carboxylic acids is 1. The number of hydrogen-bond acceptors (Lipinski definition) is 2. The second-order valence-electron chi connectivity index (χ2n) is 5.08. The highest BCUT2D eigenvalue weighted by molar-refractivity contribution is 7.99. The minimum absolute atomic E-state index is 0.325. The second-order valence-corrected chi connectivity index (χ2v) is 6.17. The molecule has 2 rings (SSSR count). The van der Waals surface area contributed by atoms with Crippen LogP contribution in [0.5, 0.6) is 0 Å². The standard InChI is InChI=1S/C17H18O2S/c1-11(2)13-8-9-16(14(10-13)17(18)19)20-15-7-5-4-6-12(15)3/h4-11H,1-3H3,(H,18,19). The molecular formula is C17H18O2S. The lowest BCUT2D eigenvalue weighted by atomic mass is 10.0. The summed E-state index contributed by atoms with van der Waals surface area (Å²) in [5.41, 5.74) is 2.59. The molecule has 0 radical (unpaired) electrons. The van der Waals surface area contributed by atoms with Crippen molar-refractivity contribution in [3.63, 3.8) is 0 Å². The van der Waals surface area contributed by atoms with Gasteiger partial charge in [0.2, 0.25) is 0 Å². The lowest BCUT2D eigenvalue weighted by Crippen LogP contribution is -2.01. The van der Waals surface area contributed by atoms with Gasteiger partial charge in [0.25, 0.3) is 0 Å². The van der Waals surface area contributed by atoms with Crippen molar-refractivity contribution in [3.05, 3.63) is 59.2 Å². The predicted molar refractivity (Wildman–Crippen MR) is 82.8 cm³/mol. The largest absolute Gasteiger partial charge is 0.478 e. The summed E-state index contributed by atoms with van der Waals surface area (Å²) in [6.45, 7) is 6.16. The number of carbonyl (C=O) groups is 1. The molecule has 104 valence electrons. The Balaban J connectivity index is 2.41. The molecule has 0 heterocycles. The van der Waals surface area contributed by atoms with Crippen LogP contribution in [-0.4, -0.2) is 11.1 Å². The van der Waals surface area contributed by atoms with Gasteiger partial charge >= 0.3 is 5.97 Å². The van der Waals surface area contributed by atoms with E-state index in [-0.39, 0.29) is 0 Å². The quantitative estimate of drug-likeness (QED) is 0.862. The molecular weight excluding hydrogens is 268 g/mol. The van der Waals surface area contributed by atoms with E-state index in [0.29, 0.717) is 11.5 Å². The van der Waals surface area contributed by atoms with E-state index in [2.05, 4.69) is 13.8 Å². The summed E-state index contributed by atoms with van der Waals surface area (Å²) in [5.74, 6) is -0.547. The van der Waals surface area contributed by atoms with E-state index in [0.717, 1.165) is 20.9 Å². The Morgan fingerprint density at radius 1 is 1.10 bits per heavy atom. The zero-order valence-corrected chi connectivity index (χ0v) is 12.7. The van der Waals surface area contributed by atoms with Crippen LogP contribution in [0.25, 0.3) is 0 Å². The Bertz CT molecular complexity index is 633. The van der Waals surface area contributed by atoms with Gasteiger partial charge in [-0.25, -0.2) is 4.79 Å². The molecule has 0 unspecified atom stereocenters. The van der Waals surface area contributed by atoms with Crippen molar-refractivity contribution in [2.45, 2.75) is 36.5 Å². The van der Waals surface area contributed by atoms with Crippen molar-refractivity contribution in [1.29, 1.82) is 0 Å². The van der Waals surface area contributed by atoms with Crippen LogP contribution in [0.3, 0.4) is 0 Å². The van der Waals surface area contributed by atoms with Gasteiger partial charge in [-0.15, -0.1) is 0 Å². The van der Waals surface area contributed by atoms with Crippen LogP contribution in [0, 0.1) is 6.92 Å². The number of benzene rings is 2. The first-order valence-corrected chi connectivity index (χ1v) is 7.41. The first kappa shape index (κ1) is 14.7. The summed E-state index contributed by atoms with van der Waals surface area (Å²) in [5, 5.41) is 9.41. The van der Waals surface area contributed by atoms with Crippen molar-refractivity contribution in [1.82, 2.24) is 0 Å². The molecule has 0 saturated carbocycles. The van der Waals surface area contributed by atoms with Gasteiger partial charge in [0.15, 0.2) is 0 Å². The third-order valence-corrected chi connectivity index (χ3v) is 4.47. The van der Waals surface area contributed by atoms with Gasteiger partial charge in [-0.2, -0.15) is 0 Å². The van der Waals surface area contributed by atoms with E-state index >= 15 is 0 Å². The lowest BCUT2D eigenvalue weighted by Gasteiger charge is -2.11. The van der Waals surface area contributed by atoms with Gasteiger partial charge in [0, 0.05) is 9.79 Å². The van der Waals surface area contributed by atoms with Gasteiger partial charge in [0.1, 0.15) is 0 Å². The van der Waals surface area contributed by atoms with E-state index in [1.54, 1.807) is 6.07 Å². The van der Waals surface area contributed by atoms with E-state index in [9.17, 15) is 9.90 Å². The molecule has 0 aliphatic heterocycles. The Morgan fingerprint density at radius 3 is 2.40 bits per heavy atom. The molecule has 2 aromatic carbocycles. The van der Waals surface area contributed by atoms with Crippen molar-refractivity contribution in [2.75, 3.05) is 0 Å². The molecule has 0 saturated heterocycles. The minimum atomic E-state index is -0.872. The Labute approximate surface area is 123 Å². The van der Waals surface area contributed by atoms with Gasteiger partial charge in [-0.05, 0) is 42.2 Å². The Hall–Kier alpha value is -1.74. The van der Waals surface area contributed by atoms with E-state index in [1.807, 2.05) is 43.3 Å². The number of aryl methyl sites for hydroxylation is 1. The molecule has 0 amide bonds. The predicted octanol–water partition coefficient (Wildman–Crippen LogP) is 4.97. The summed E-state index contributed by atoms with van der Waals surface area (Å²) in [4.78, 5) is 13.3. The summed E-state index contributed by atoms with van der Waals surface area (Å²) in [6, 6.07) is 13.7. The fourth-order valence-corrected chi connectivity index (χ4v) is 2.96. The van der Waals surface area contributed by atoms with Crippen molar-refractivity contribution < 1.29 is 9.90 Å². The summed E-state index contributed by atoms with van der Waals surface area (Å²) in [6.07, 6.45) is 0. The summed E-state index contributed by atoms with van der Waals surface area (Å²) < 4.78 is 0. The average Bonchev–Trinajstić information content (AvgIpc) is 2.41. The lowest BCUT2D eigenvalue weighted by molar-refractivity contribution is 0.0693. The monoisotopic (exact) mass is 286 g/mol. The molecule has 3 heteroatoms. The maximum Gasteiger partial charge on any atom is 0.336 e. The van der Waals surface area contributed by atoms with E-state index < -0.39 is 5.97 Å². The molecule has 2 aromatic rings. The first-order chi connectivity index (χ1) is 9.49. The van der Waals surface area contributed by atoms with Gasteiger partial charge in [-0.3, -0.25) is 0 Å². The highest BCUT2D eigenvalue weighted by atomic mass is 32.2. The molecule has 1 N–H and O–H groups in total. The Morgan fingerprint density at radius 2 is 1.80 bits per heavy atom. The Kier molecular flexibility index (Phi) is 4.50. The van der Waals surface area contributed by atoms with Crippen molar-refractivity contribution in [2.24, 2.45) is 0 Å². The minimum Gasteiger partial charge on any atom is -0.478 e. The van der Waals surface area contributed by atoms with Gasteiger partial charge in [-0.1, -0.05) is 49.9 Å². The summed E-state index contributed by atoms with van der Waals surface area (Å²) >= 11 is 1.51. The molecule has 0 aliphatic rings. The SMILES string of the molecule is Cc1ccccc1Sc1ccc(C(C)C)cc1C(=O)O. The second kappa shape index (κ2) is 6.14. The van der Waals surface area contributed by atoms with Crippen LogP contribution < -0.4 is 0 Å². The third kappa shape index (κ3) is 3.23. The fourth-order valence-electron chi connectivity index (χ4n) is 1.95. The zero-order valence-electron chi connectivity index (χ0n) is 11.9. The highest BCUT2D eigenvalue weighted by Gasteiger charge is 2.14. The smallest absolute Gasteiger partial charge is 0.336 e. The van der Waals surface area contributed by atoms with Crippen LogP contribution >= 0.6 is 11.8 Å². The van der Waals surface area contributed by atoms with E-state index in [1.165, 1.54) is 11.8 Å². The van der Waals surface area contributed by atoms with Gasteiger partial charge < -0.3 is 5.11 Å². The number of rotatable bonds is 4. The van der Waals surface area contributed by atoms with Crippen molar-refractivity contribution in [3.8, 4) is 0 Å². The van der Waals surface area contributed by atoms with Crippen molar-refractivity contribution >= 4 is 17.7 Å². The zero-order chi connectivity index (χ0) is 14.7. The molecule has 0 spiro atoms.